The van der Waals surface area contributed by atoms with Gasteiger partial charge in [-0.1, -0.05) is 55.5 Å². The van der Waals surface area contributed by atoms with E-state index in [2.05, 4.69) is 29.3 Å². The SMILES string of the molecule is CC#CCC(NC(=O)OCC1c2ccccc2-c2ccccc21)C(=O)N(CC)CC(C)C(=O)O. The van der Waals surface area contributed by atoms with Crippen molar-refractivity contribution in [3.8, 4) is 23.0 Å². The molecule has 0 aliphatic heterocycles. The third-order valence-corrected chi connectivity index (χ3v) is 6.03. The maximum absolute atomic E-state index is 13.1. The minimum Gasteiger partial charge on any atom is -0.481 e. The zero-order chi connectivity index (χ0) is 24.7. The Bertz CT molecular complexity index is 1070. The molecule has 0 aromatic heterocycles. The van der Waals surface area contributed by atoms with E-state index in [1.165, 1.54) is 11.8 Å². The summed E-state index contributed by atoms with van der Waals surface area (Å²) in [5, 5.41) is 11.8. The van der Waals surface area contributed by atoms with Gasteiger partial charge in [0.1, 0.15) is 12.6 Å². The van der Waals surface area contributed by atoms with Crippen molar-refractivity contribution in [2.24, 2.45) is 5.92 Å². The molecule has 2 aromatic carbocycles. The normalized spacial score (nSPS) is 13.5. The Labute approximate surface area is 200 Å². The van der Waals surface area contributed by atoms with E-state index in [4.69, 9.17) is 4.74 Å². The second kappa shape index (κ2) is 11.4. The Morgan fingerprint density at radius 1 is 1.09 bits per heavy atom. The Balaban J connectivity index is 1.69. The number of hydrogen-bond acceptors (Lipinski definition) is 4. The van der Waals surface area contributed by atoms with Crippen LogP contribution >= 0.6 is 0 Å². The van der Waals surface area contributed by atoms with E-state index in [0.29, 0.717) is 6.54 Å². The largest absolute Gasteiger partial charge is 0.481 e. The Hall–Kier alpha value is -3.79. The summed E-state index contributed by atoms with van der Waals surface area (Å²) in [6, 6.07) is 15.2. The van der Waals surface area contributed by atoms with Crippen molar-refractivity contribution in [2.75, 3.05) is 19.7 Å². The molecule has 2 unspecified atom stereocenters. The van der Waals surface area contributed by atoms with Crippen molar-refractivity contribution in [3.05, 3.63) is 59.7 Å². The van der Waals surface area contributed by atoms with Gasteiger partial charge in [0.15, 0.2) is 0 Å². The number of benzene rings is 2. The maximum Gasteiger partial charge on any atom is 0.407 e. The number of ether oxygens (including phenoxy) is 1. The molecule has 178 valence electrons. The van der Waals surface area contributed by atoms with E-state index in [1.54, 1.807) is 13.8 Å². The van der Waals surface area contributed by atoms with Gasteiger partial charge < -0.3 is 20.1 Å². The second-order valence-electron chi connectivity index (χ2n) is 8.27. The fourth-order valence-electron chi connectivity index (χ4n) is 4.19. The number of carbonyl (C=O) groups is 3. The lowest BCUT2D eigenvalue weighted by atomic mass is 9.98. The first-order valence-corrected chi connectivity index (χ1v) is 11.4. The van der Waals surface area contributed by atoms with Gasteiger partial charge in [-0.15, -0.1) is 11.8 Å². The van der Waals surface area contributed by atoms with Crippen molar-refractivity contribution in [2.45, 2.75) is 39.2 Å². The molecule has 0 spiro atoms. The van der Waals surface area contributed by atoms with Crippen LogP contribution in [0.4, 0.5) is 4.79 Å². The van der Waals surface area contributed by atoms with Gasteiger partial charge in [-0.2, -0.15) is 0 Å². The fraction of sp³-hybridized carbons (Fsp3) is 0.370. The number of nitrogens with zero attached hydrogens (tertiary/aromatic N) is 1. The number of carbonyl (C=O) groups excluding carboxylic acids is 2. The van der Waals surface area contributed by atoms with Gasteiger partial charge in [-0.3, -0.25) is 9.59 Å². The van der Waals surface area contributed by atoms with Crippen LogP contribution in [0.15, 0.2) is 48.5 Å². The van der Waals surface area contributed by atoms with Crippen LogP contribution in [-0.4, -0.2) is 53.7 Å². The van der Waals surface area contributed by atoms with E-state index in [9.17, 15) is 19.5 Å². The third kappa shape index (κ3) is 5.57. The molecule has 1 aliphatic rings. The first-order valence-electron chi connectivity index (χ1n) is 11.4. The van der Waals surface area contributed by atoms with E-state index in [-0.39, 0.29) is 31.4 Å². The smallest absolute Gasteiger partial charge is 0.407 e. The average Bonchev–Trinajstić information content (AvgIpc) is 3.16. The quantitative estimate of drug-likeness (QED) is 0.552. The molecule has 7 nitrogen and oxygen atoms in total. The van der Waals surface area contributed by atoms with Crippen molar-refractivity contribution in [3.63, 3.8) is 0 Å². The number of amides is 2. The Kier molecular flexibility index (Phi) is 8.31. The Morgan fingerprint density at radius 2 is 1.68 bits per heavy atom. The molecule has 2 amide bonds. The standard InChI is InChI=1S/C27H30N2O5/c1-4-6-15-24(25(30)29(5-2)16-18(3)26(31)32)28-27(33)34-17-23-21-13-9-7-11-19(21)20-12-8-10-14-22(20)23/h7-14,18,23-24H,5,15-17H2,1-3H3,(H,28,33)(H,31,32). The molecule has 0 radical (unpaired) electrons. The summed E-state index contributed by atoms with van der Waals surface area (Å²) < 4.78 is 5.57. The van der Waals surface area contributed by atoms with Crippen molar-refractivity contribution >= 4 is 18.0 Å². The van der Waals surface area contributed by atoms with Crippen LogP contribution in [0.5, 0.6) is 0 Å². The molecule has 7 heteroatoms. The zero-order valence-corrected chi connectivity index (χ0v) is 19.7. The third-order valence-electron chi connectivity index (χ3n) is 6.03. The second-order valence-corrected chi connectivity index (χ2v) is 8.27. The van der Waals surface area contributed by atoms with Crippen LogP contribution in [0, 0.1) is 17.8 Å². The predicted molar refractivity (Wildman–Crippen MR) is 129 cm³/mol. The zero-order valence-electron chi connectivity index (χ0n) is 19.7. The summed E-state index contributed by atoms with van der Waals surface area (Å²) in [7, 11) is 0. The number of aliphatic carboxylic acids is 1. The van der Waals surface area contributed by atoms with Crippen molar-refractivity contribution < 1.29 is 24.2 Å². The molecule has 34 heavy (non-hydrogen) atoms. The Morgan fingerprint density at radius 3 is 2.21 bits per heavy atom. The van der Waals surface area contributed by atoms with Gasteiger partial charge >= 0.3 is 12.1 Å². The maximum atomic E-state index is 13.1. The molecule has 0 heterocycles. The summed E-state index contributed by atoms with van der Waals surface area (Å²) >= 11 is 0. The van der Waals surface area contributed by atoms with Crippen molar-refractivity contribution in [1.82, 2.24) is 10.2 Å². The molecular weight excluding hydrogens is 432 g/mol. The van der Waals surface area contributed by atoms with E-state index in [0.717, 1.165) is 22.3 Å². The predicted octanol–water partition coefficient (Wildman–Crippen LogP) is 3.88. The van der Waals surface area contributed by atoms with Crippen LogP contribution in [0.3, 0.4) is 0 Å². The van der Waals surface area contributed by atoms with Crippen molar-refractivity contribution in [1.29, 1.82) is 0 Å². The molecule has 3 rings (SSSR count). The molecule has 2 aromatic rings. The summed E-state index contributed by atoms with van der Waals surface area (Å²) in [6.07, 6.45) is -0.599. The monoisotopic (exact) mass is 462 g/mol. The molecular formula is C27H30N2O5. The first-order chi connectivity index (χ1) is 16.4. The number of nitrogens with one attached hydrogen (secondary N) is 1. The number of fused-ring (bicyclic) bond motifs is 3. The van der Waals surface area contributed by atoms with Gasteiger partial charge in [0.05, 0.1) is 5.92 Å². The minimum atomic E-state index is -0.986. The number of alkyl carbamates (subject to hydrolysis) is 1. The lowest BCUT2D eigenvalue weighted by molar-refractivity contribution is -0.143. The minimum absolute atomic E-state index is 0.0487. The highest BCUT2D eigenvalue weighted by atomic mass is 16.5. The highest BCUT2D eigenvalue weighted by Crippen LogP contribution is 2.44. The van der Waals surface area contributed by atoms with Gasteiger partial charge in [0, 0.05) is 25.4 Å². The topological polar surface area (TPSA) is 95.9 Å². The van der Waals surface area contributed by atoms with E-state index < -0.39 is 24.0 Å². The first kappa shape index (κ1) is 24.8. The summed E-state index contributed by atoms with van der Waals surface area (Å²) in [5.41, 5.74) is 4.45. The number of likely N-dealkylation sites (N-methyl/N-ethyl adjacent to an activating group) is 1. The summed E-state index contributed by atoms with van der Waals surface area (Å²) in [5.74, 6) is 3.38. The van der Waals surface area contributed by atoms with Gasteiger partial charge in [-0.05, 0) is 36.1 Å². The van der Waals surface area contributed by atoms with E-state index in [1.807, 2.05) is 36.4 Å². The van der Waals surface area contributed by atoms with Gasteiger partial charge in [-0.25, -0.2) is 4.79 Å². The lowest BCUT2D eigenvalue weighted by Crippen LogP contribution is -2.50. The van der Waals surface area contributed by atoms with E-state index >= 15 is 0 Å². The molecule has 0 fully saturated rings. The van der Waals surface area contributed by atoms with Crippen LogP contribution in [0.25, 0.3) is 11.1 Å². The number of rotatable bonds is 9. The summed E-state index contributed by atoms with van der Waals surface area (Å²) in [6.45, 7) is 5.46. The van der Waals surface area contributed by atoms with Crippen LogP contribution < -0.4 is 5.32 Å². The van der Waals surface area contributed by atoms with Crippen LogP contribution in [0.1, 0.15) is 44.2 Å². The molecule has 0 saturated heterocycles. The fourth-order valence-corrected chi connectivity index (χ4v) is 4.19. The molecule has 1 aliphatic carbocycles. The average molecular weight is 463 g/mol. The summed E-state index contributed by atoms with van der Waals surface area (Å²) in [4.78, 5) is 38.4. The molecule has 0 saturated carbocycles. The lowest BCUT2D eigenvalue weighted by Gasteiger charge is -2.27. The highest BCUT2D eigenvalue weighted by molar-refractivity contribution is 5.86. The molecule has 0 bridgehead atoms. The van der Waals surface area contributed by atoms with Crippen LogP contribution in [-0.2, 0) is 14.3 Å². The molecule has 2 atom stereocenters. The van der Waals surface area contributed by atoms with Crippen LogP contribution in [0.2, 0.25) is 0 Å². The molecule has 2 N–H and O–H groups in total. The van der Waals surface area contributed by atoms with Gasteiger partial charge in [0.2, 0.25) is 5.91 Å². The number of carboxylic acids is 1. The number of hydrogen-bond donors (Lipinski definition) is 2. The van der Waals surface area contributed by atoms with Gasteiger partial charge in [0.25, 0.3) is 0 Å². The number of carboxylic acid groups (broad SMARTS) is 1. The highest BCUT2D eigenvalue weighted by Gasteiger charge is 2.31.